The van der Waals surface area contributed by atoms with Crippen molar-refractivity contribution in [2.75, 3.05) is 13.2 Å². The summed E-state index contributed by atoms with van der Waals surface area (Å²) in [6.07, 6.45) is 40.6. The average Bonchev–Trinajstić information content (AvgIpc) is 3.01. The van der Waals surface area contributed by atoms with Gasteiger partial charge in [0.2, 0.25) is 0 Å². The molecule has 0 saturated heterocycles. The van der Waals surface area contributed by atoms with Crippen LogP contribution in [0.1, 0.15) is 174 Å². The summed E-state index contributed by atoms with van der Waals surface area (Å²) >= 11 is 0. The van der Waals surface area contributed by atoms with Crippen molar-refractivity contribution in [3.05, 3.63) is 36.5 Å². The molecular formula is C38H68O5. The van der Waals surface area contributed by atoms with Crippen LogP contribution in [0.3, 0.4) is 0 Å². The van der Waals surface area contributed by atoms with Crippen LogP contribution < -0.4 is 0 Å². The standard InChI is InChI=1S/C38H68O5/c1-3-5-7-9-11-13-15-17-18-19-20-21-23-25-27-29-31-33-38(41)43-36(34-39)35-42-37(40)32-30-28-26-24-22-16-14-12-10-8-6-4-2/h17-18,20-21,25,27,36,39H,3-16,19,22-24,26,28-35H2,1-2H3/b18-17-,21-20-,27-25-/t36-/m0/s1. The van der Waals surface area contributed by atoms with Gasteiger partial charge in [-0.2, -0.15) is 0 Å². The van der Waals surface area contributed by atoms with Crippen LogP contribution in [-0.2, 0) is 19.1 Å². The first kappa shape index (κ1) is 41.1. The Kier molecular flexibility index (Phi) is 33.1. The van der Waals surface area contributed by atoms with Crippen molar-refractivity contribution in [2.24, 2.45) is 0 Å². The number of ether oxygens (including phenoxy) is 2. The fourth-order valence-corrected chi connectivity index (χ4v) is 4.92. The SMILES string of the molecule is CCCCCCCC/C=C\C/C=C\C/C=C\CCCC(=O)O[C@@H](CO)COC(=O)CCCCCCCCCCCCCC. The topological polar surface area (TPSA) is 72.8 Å². The number of hydrogen-bond donors (Lipinski definition) is 1. The lowest BCUT2D eigenvalue weighted by atomic mass is 10.0. The number of aliphatic hydroxyl groups excluding tert-OH is 1. The molecule has 43 heavy (non-hydrogen) atoms. The van der Waals surface area contributed by atoms with Crippen LogP contribution >= 0.6 is 0 Å². The molecule has 0 heterocycles. The maximum Gasteiger partial charge on any atom is 0.306 e. The summed E-state index contributed by atoms with van der Waals surface area (Å²) in [5, 5.41) is 9.51. The number of hydrogen-bond acceptors (Lipinski definition) is 5. The van der Waals surface area contributed by atoms with Gasteiger partial charge < -0.3 is 14.6 Å². The van der Waals surface area contributed by atoms with Crippen molar-refractivity contribution in [2.45, 2.75) is 180 Å². The number of unbranched alkanes of at least 4 members (excludes halogenated alkanes) is 18. The largest absolute Gasteiger partial charge is 0.462 e. The van der Waals surface area contributed by atoms with Crippen molar-refractivity contribution in [1.29, 1.82) is 0 Å². The number of allylic oxidation sites excluding steroid dienone is 6. The number of rotatable bonds is 32. The maximum atomic E-state index is 12.1. The van der Waals surface area contributed by atoms with Crippen LogP contribution in [0, 0.1) is 0 Å². The summed E-state index contributed by atoms with van der Waals surface area (Å²) in [6.45, 7) is 4.07. The molecule has 0 radical (unpaired) electrons. The van der Waals surface area contributed by atoms with E-state index in [1.165, 1.54) is 103 Å². The molecule has 0 aliphatic heterocycles. The molecule has 0 bridgehead atoms. The minimum Gasteiger partial charge on any atom is -0.462 e. The van der Waals surface area contributed by atoms with Crippen molar-refractivity contribution >= 4 is 11.9 Å². The van der Waals surface area contributed by atoms with Crippen LogP contribution in [-0.4, -0.2) is 36.4 Å². The third kappa shape index (κ3) is 32.9. The molecule has 1 N–H and O–H groups in total. The summed E-state index contributed by atoms with van der Waals surface area (Å²) in [4.78, 5) is 24.1. The van der Waals surface area contributed by atoms with E-state index >= 15 is 0 Å². The Hall–Kier alpha value is -1.88. The van der Waals surface area contributed by atoms with E-state index in [0.717, 1.165) is 38.5 Å². The monoisotopic (exact) mass is 605 g/mol. The molecule has 1 atom stereocenters. The Balaban J connectivity index is 3.67. The minimum atomic E-state index is -0.793. The molecule has 0 aromatic heterocycles. The predicted molar refractivity (Wildman–Crippen MR) is 182 cm³/mol. The molecule has 0 amide bonds. The van der Waals surface area contributed by atoms with Crippen LogP contribution in [0.25, 0.3) is 0 Å². The molecule has 5 nitrogen and oxygen atoms in total. The first-order chi connectivity index (χ1) is 21.1. The molecule has 0 saturated carbocycles. The van der Waals surface area contributed by atoms with Crippen molar-refractivity contribution in [1.82, 2.24) is 0 Å². The predicted octanol–water partition coefficient (Wildman–Crippen LogP) is 10.9. The zero-order valence-electron chi connectivity index (χ0n) is 28.2. The van der Waals surface area contributed by atoms with Gasteiger partial charge in [-0.15, -0.1) is 0 Å². The Morgan fingerprint density at radius 3 is 1.47 bits per heavy atom. The van der Waals surface area contributed by atoms with Crippen LogP contribution in [0.2, 0.25) is 0 Å². The van der Waals surface area contributed by atoms with Gasteiger partial charge in [0, 0.05) is 12.8 Å². The molecule has 0 aliphatic carbocycles. The van der Waals surface area contributed by atoms with Gasteiger partial charge in [0.1, 0.15) is 6.61 Å². The van der Waals surface area contributed by atoms with Crippen LogP contribution in [0.5, 0.6) is 0 Å². The van der Waals surface area contributed by atoms with Gasteiger partial charge in [0.25, 0.3) is 0 Å². The highest BCUT2D eigenvalue weighted by atomic mass is 16.6. The molecule has 0 unspecified atom stereocenters. The summed E-state index contributed by atoms with van der Waals surface area (Å²) < 4.78 is 10.5. The number of esters is 2. The second kappa shape index (κ2) is 34.6. The minimum absolute atomic E-state index is 0.0835. The molecule has 0 aromatic carbocycles. The van der Waals surface area contributed by atoms with E-state index in [2.05, 4.69) is 50.3 Å². The number of aliphatic hydroxyl groups is 1. The number of carbonyl (C=O) groups is 2. The molecule has 0 aromatic rings. The Labute approximate surface area is 266 Å². The zero-order valence-corrected chi connectivity index (χ0v) is 28.2. The van der Waals surface area contributed by atoms with Crippen LogP contribution in [0.15, 0.2) is 36.5 Å². The fraction of sp³-hybridized carbons (Fsp3) is 0.789. The van der Waals surface area contributed by atoms with E-state index in [0.29, 0.717) is 12.8 Å². The molecule has 250 valence electrons. The lowest BCUT2D eigenvalue weighted by Gasteiger charge is -2.15. The normalized spacial score (nSPS) is 12.5. The Bertz CT molecular complexity index is 696. The summed E-state index contributed by atoms with van der Waals surface area (Å²) in [5.41, 5.74) is 0. The Morgan fingerprint density at radius 1 is 0.535 bits per heavy atom. The van der Waals surface area contributed by atoms with E-state index in [-0.39, 0.29) is 31.6 Å². The van der Waals surface area contributed by atoms with E-state index < -0.39 is 6.10 Å². The third-order valence-corrected chi connectivity index (χ3v) is 7.69. The third-order valence-electron chi connectivity index (χ3n) is 7.69. The van der Waals surface area contributed by atoms with E-state index in [1.807, 2.05) is 0 Å². The van der Waals surface area contributed by atoms with Gasteiger partial charge in [-0.1, -0.05) is 153 Å². The lowest BCUT2D eigenvalue weighted by molar-refractivity contribution is -0.161. The van der Waals surface area contributed by atoms with Gasteiger partial charge in [-0.3, -0.25) is 9.59 Å². The highest BCUT2D eigenvalue weighted by Gasteiger charge is 2.15. The first-order valence-electron chi connectivity index (χ1n) is 18.0. The van der Waals surface area contributed by atoms with Gasteiger partial charge in [0.05, 0.1) is 6.61 Å². The van der Waals surface area contributed by atoms with E-state index in [9.17, 15) is 14.7 Å². The molecule has 0 fully saturated rings. The second-order valence-corrected chi connectivity index (χ2v) is 12.0. The number of carbonyl (C=O) groups excluding carboxylic acids is 2. The molecule has 5 heteroatoms. The lowest BCUT2D eigenvalue weighted by Crippen LogP contribution is -2.28. The smallest absolute Gasteiger partial charge is 0.306 e. The Morgan fingerprint density at radius 2 is 0.953 bits per heavy atom. The highest BCUT2D eigenvalue weighted by molar-refractivity contribution is 5.70. The zero-order chi connectivity index (χ0) is 31.5. The van der Waals surface area contributed by atoms with E-state index in [4.69, 9.17) is 9.47 Å². The second-order valence-electron chi connectivity index (χ2n) is 12.0. The van der Waals surface area contributed by atoms with Crippen molar-refractivity contribution < 1.29 is 24.2 Å². The summed E-state index contributed by atoms with van der Waals surface area (Å²) in [6, 6.07) is 0. The molecule has 0 aliphatic rings. The first-order valence-corrected chi connectivity index (χ1v) is 18.0. The molecular weight excluding hydrogens is 536 g/mol. The van der Waals surface area contributed by atoms with Gasteiger partial charge in [-0.05, 0) is 44.9 Å². The van der Waals surface area contributed by atoms with Gasteiger partial charge in [-0.25, -0.2) is 0 Å². The van der Waals surface area contributed by atoms with E-state index in [1.54, 1.807) is 0 Å². The fourth-order valence-electron chi connectivity index (χ4n) is 4.92. The maximum absolute atomic E-state index is 12.1. The molecule has 0 rings (SSSR count). The van der Waals surface area contributed by atoms with Crippen molar-refractivity contribution in [3.8, 4) is 0 Å². The molecule has 0 spiro atoms. The van der Waals surface area contributed by atoms with Crippen molar-refractivity contribution in [3.63, 3.8) is 0 Å². The highest BCUT2D eigenvalue weighted by Crippen LogP contribution is 2.13. The van der Waals surface area contributed by atoms with Gasteiger partial charge in [0.15, 0.2) is 6.10 Å². The summed E-state index contributed by atoms with van der Waals surface area (Å²) in [7, 11) is 0. The average molecular weight is 605 g/mol. The van der Waals surface area contributed by atoms with Gasteiger partial charge >= 0.3 is 11.9 Å². The summed E-state index contributed by atoms with van der Waals surface area (Å²) in [5.74, 6) is -0.651. The van der Waals surface area contributed by atoms with Crippen LogP contribution in [0.4, 0.5) is 0 Å². The quantitative estimate of drug-likeness (QED) is 0.0470.